The molecule has 9 heavy (non-hydrogen) atoms. The first-order chi connectivity index (χ1) is 4.24. The Morgan fingerprint density at radius 2 is 2.33 bits per heavy atom. The zero-order chi connectivity index (χ0) is 6.85. The second-order valence-electron chi connectivity index (χ2n) is 2.03. The van der Waals surface area contributed by atoms with Crippen molar-refractivity contribution in [1.82, 2.24) is 0 Å². The molecule has 0 spiro atoms. The van der Waals surface area contributed by atoms with Crippen molar-refractivity contribution in [3.05, 3.63) is 8.30 Å². The third-order valence-electron chi connectivity index (χ3n) is 1.35. The van der Waals surface area contributed by atoms with Crippen molar-refractivity contribution in [3.8, 4) is 0 Å². The van der Waals surface area contributed by atoms with Crippen molar-refractivity contribution in [2.45, 2.75) is 25.0 Å². The second-order valence-corrected chi connectivity index (χ2v) is 5.62. The van der Waals surface area contributed by atoms with E-state index in [1.165, 1.54) is 21.1 Å². The molecule has 3 heteroatoms. The predicted molar refractivity (Wildman–Crippen MR) is 51.2 cm³/mol. The molecule has 0 saturated heterocycles. The fraction of sp³-hybridized carbons (Fsp3) is 0.667. The lowest BCUT2D eigenvalue weighted by Crippen LogP contribution is -1.92. The van der Waals surface area contributed by atoms with Crippen molar-refractivity contribution in [2.75, 3.05) is 0 Å². The van der Waals surface area contributed by atoms with Crippen molar-refractivity contribution in [1.29, 1.82) is 0 Å². The van der Waals surface area contributed by atoms with Crippen LogP contribution in [-0.4, -0.2) is 5.25 Å². The SMILES string of the molecule is CCC1CC(Br)=C(Br)S1. The first kappa shape index (κ1) is 8.15. The number of thioether (sulfide) groups is 1. The fourth-order valence-electron chi connectivity index (χ4n) is 0.760. The predicted octanol–water partition coefficient (Wildman–Crippen LogP) is 3.86. The maximum atomic E-state index is 3.50. The fourth-order valence-corrected chi connectivity index (χ4v) is 3.52. The molecule has 1 atom stereocenters. The third-order valence-corrected chi connectivity index (χ3v) is 5.19. The minimum Gasteiger partial charge on any atom is -0.114 e. The topological polar surface area (TPSA) is 0 Å². The van der Waals surface area contributed by atoms with Crippen LogP contribution in [-0.2, 0) is 0 Å². The first-order valence-corrected chi connectivity index (χ1v) is 5.41. The molecule has 0 N–H and O–H groups in total. The lowest BCUT2D eigenvalue weighted by atomic mass is 10.2. The summed E-state index contributed by atoms with van der Waals surface area (Å²) in [7, 11) is 0. The van der Waals surface area contributed by atoms with E-state index in [-0.39, 0.29) is 0 Å². The molecule has 0 radical (unpaired) electrons. The van der Waals surface area contributed by atoms with Crippen molar-refractivity contribution < 1.29 is 0 Å². The highest BCUT2D eigenvalue weighted by Gasteiger charge is 2.19. The molecular weight excluding hydrogens is 264 g/mol. The molecule has 0 saturated carbocycles. The summed E-state index contributed by atoms with van der Waals surface area (Å²) in [6.07, 6.45) is 2.45. The molecule has 0 nitrogen and oxygen atoms in total. The molecule has 0 fully saturated rings. The van der Waals surface area contributed by atoms with Crippen LogP contribution >= 0.6 is 43.6 Å². The number of hydrogen-bond acceptors (Lipinski definition) is 1. The normalized spacial score (nSPS) is 27.7. The average Bonchev–Trinajstić information content (AvgIpc) is 2.13. The summed E-state index contributed by atoms with van der Waals surface area (Å²) in [5.41, 5.74) is 0. The van der Waals surface area contributed by atoms with Gasteiger partial charge in [-0.15, -0.1) is 11.8 Å². The van der Waals surface area contributed by atoms with Gasteiger partial charge in [-0.05, 0) is 28.8 Å². The van der Waals surface area contributed by atoms with E-state index in [4.69, 9.17) is 0 Å². The van der Waals surface area contributed by atoms with Gasteiger partial charge in [0.15, 0.2) is 0 Å². The molecule has 0 bridgehead atoms. The Morgan fingerprint density at radius 3 is 2.56 bits per heavy atom. The second kappa shape index (κ2) is 3.44. The van der Waals surface area contributed by atoms with Gasteiger partial charge in [-0.25, -0.2) is 0 Å². The quantitative estimate of drug-likeness (QED) is 0.698. The molecule has 0 aromatic carbocycles. The molecule has 0 amide bonds. The van der Waals surface area contributed by atoms with E-state index in [1.54, 1.807) is 0 Å². The molecule has 1 aliphatic heterocycles. The Kier molecular flexibility index (Phi) is 3.12. The molecular formula is C6H8Br2S. The summed E-state index contributed by atoms with van der Waals surface area (Å²) in [6.45, 7) is 2.23. The van der Waals surface area contributed by atoms with Gasteiger partial charge in [-0.3, -0.25) is 0 Å². The van der Waals surface area contributed by atoms with Crippen LogP contribution in [0.3, 0.4) is 0 Å². The minimum atomic E-state index is 0.800. The maximum Gasteiger partial charge on any atom is 0.0607 e. The molecule has 0 aromatic heterocycles. The molecule has 1 rings (SSSR count). The van der Waals surface area contributed by atoms with Gasteiger partial charge in [0.25, 0.3) is 0 Å². The number of hydrogen-bond donors (Lipinski definition) is 0. The van der Waals surface area contributed by atoms with E-state index in [0.29, 0.717) is 0 Å². The molecule has 52 valence electrons. The van der Waals surface area contributed by atoms with Gasteiger partial charge in [0, 0.05) is 9.73 Å². The Bertz CT molecular complexity index is 128. The Morgan fingerprint density at radius 1 is 1.67 bits per heavy atom. The van der Waals surface area contributed by atoms with Gasteiger partial charge in [-0.2, -0.15) is 0 Å². The Balaban J connectivity index is 2.48. The lowest BCUT2D eigenvalue weighted by molar-refractivity contribution is 0.845. The molecule has 1 unspecified atom stereocenters. The first-order valence-electron chi connectivity index (χ1n) is 2.94. The van der Waals surface area contributed by atoms with Crippen LogP contribution in [0.25, 0.3) is 0 Å². The van der Waals surface area contributed by atoms with Crippen LogP contribution in [0.1, 0.15) is 19.8 Å². The van der Waals surface area contributed by atoms with E-state index in [0.717, 1.165) is 5.25 Å². The van der Waals surface area contributed by atoms with Crippen LogP contribution in [0.2, 0.25) is 0 Å². The number of rotatable bonds is 1. The Labute approximate surface area is 76.7 Å². The summed E-state index contributed by atoms with van der Waals surface area (Å²) in [6, 6.07) is 0. The maximum absolute atomic E-state index is 3.50. The summed E-state index contributed by atoms with van der Waals surface area (Å²) < 4.78 is 2.62. The third kappa shape index (κ3) is 1.99. The average molecular weight is 272 g/mol. The van der Waals surface area contributed by atoms with Gasteiger partial charge in [0.1, 0.15) is 0 Å². The van der Waals surface area contributed by atoms with Gasteiger partial charge in [0.05, 0.1) is 3.81 Å². The largest absolute Gasteiger partial charge is 0.114 e. The van der Waals surface area contributed by atoms with Gasteiger partial charge in [-0.1, -0.05) is 22.9 Å². The minimum absolute atomic E-state index is 0.800. The van der Waals surface area contributed by atoms with Crippen molar-refractivity contribution >= 4 is 43.6 Å². The van der Waals surface area contributed by atoms with Crippen molar-refractivity contribution in [2.24, 2.45) is 0 Å². The van der Waals surface area contributed by atoms with E-state index >= 15 is 0 Å². The Hall–Kier alpha value is 1.05. The van der Waals surface area contributed by atoms with Crippen LogP contribution in [0.15, 0.2) is 8.30 Å². The van der Waals surface area contributed by atoms with E-state index < -0.39 is 0 Å². The summed E-state index contributed by atoms with van der Waals surface area (Å²) in [5.74, 6) is 0. The summed E-state index contributed by atoms with van der Waals surface area (Å²) >= 11 is 8.90. The number of halogens is 2. The molecule has 0 aliphatic carbocycles. The van der Waals surface area contributed by atoms with Gasteiger partial charge in [0.2, 0.25) is 0 Å². The number of allylic oxidation sites excluding steroid dienone is 1. The van der Waals surface area contributed by atoms with E-state index in [1.807, 2.05) is 11.8 Å². The van der Waals surface area contributed by atoms with Crippen LogP contribution in [0, 0.1) is 0 Å². The molecule has 1 heterocycles. The molecule has 1 aliphatic rings. The zero-order valence-electron chi connectivity index (χ0n) is 5.16. The zero-order valence-corrected chi connectivity index (χ0v) is 9.14. The van der Waals surface area contributed by atoms with E-state index in [9.17, 15) is 0 Å². The smallest absolute Gasteiger partial charge is 0.0607 e. The van der Waals surface area contributed by atoms with Gasteiger partial charge >= 0.3 is 0 Å². The van der Waals surface area contributed by atoms with E-state index in [2.05, 4.69) is 38.8 Å². The van der Waals surface area contributed by atoms with Gasteiger partial charge < -0.3 is 0 Å². The van der Waals surface area contributed by atoms with Crippen LogP contribution in [0.4, 0.5) is 0 Å². The highest BCUT2D eigenvalue weighted by molar-refractivity contribution is 9.15. The molecule has 0 aromatic rings. The highest BCUT2D eigenvalue weighted by Crippen LogP contribution is 2.44. The van der Waals surface area contributed by atoms with Crippen LogP contribution in [0.5, 0.6) is 0 Å². The van der Waals surface area contributed by atoms with Crippen LogP contribution < -0.4 is 0 Å². The van der Waals surface area contributed by atoms with Crippen molar-refractivity contribution in [3.63, 3.8) is 0 Å². The monoisotopic (exact) mass is 270 g/mol. The summed E-state index contributed by atoms with van der Waals surface area (Å²) in [4.78, 5) is 0. The standard InChI is InChI=1S/C6H8Br2S/c1-2-4-3-5(7)6(8)9-4/h4H,2-3H2,1H3. The lowest BCUT2D eigenvalue weighted by Gasteiger charge is -2.01. The summed E-state index contributed by atoms with van der Waals surface area (Å²) in [5, 5.41) is 0.800. The highest BCUT2D eigenvalue weighted by atomic mass is 79.9.